The average molecular weight is 211 g/mol. The van der Waals surface area contributed by atoms with Crippen LogP contribution in [-0.2, 0) is 0 Å². The normalized spacial score (nSPS) is 28.4. The predicted octanol–water partition coefficient (Wildman–Crippen LogP) is 1.67. The molecule has 3 nitrogen and oxygen atoms in total. The third-order valence-electron chi connectivity index (χ3n) is 2.77. The lowest BCUT2D eigenvalue weighted by Crippen LogP contribution is -2.49. The van der Waals surface area contributed by atoms with Gasteiger partial charge in [0.1, 0.15) is 5.01 Å². The van der Waals surface area contributed by atoms with Gasteiger partial charge in [-0.25, -0.2) is 4.98 Å². The summed E-state index contributed by atoms with van der Waals surface area (Å²) in [5.41, 5.74) is 5.75. The van der Waals surface area contributed by atoms with Crippen LogP contribution in [0.4, 0.5) is 0 Å². The van der Waals surface area contributed by atoms with Crippen LogP contribution in [0.2, 0.25) is 0 Å². The SMILES string of the molecule is CCC(NC1CC(N)C1)c1nccs1. The topological polar surface area (TPSA) is 50.9 Å². The van der Waals surface area contributed by atoms with Gasteiger partial charge in [0, 0.05) is 23.7 Å². The van der Waals surface area contributed by atoms with Gasteiger partial charge in [-0.05, 0) is 19.3 Å². The highest BCUT2D eigenvalue weighted by Gasteiger charge is 2.28. The summed E-state index contributed by atoms with van der Waals surface area (Å²) < 4.78 is 0. The lowest BCUT2D eigenvalue weighted by atomic mass is 9.87. The maximum atomic E-state index is 5.75. The van der Waals surface area contributed by atoms with Crippen molar-refractivity contribution in [3.8, 4) is 0 Å². The van der Waals surface area contributed by atoms with Crippen molar-refractivity contribution in [3.63, 3.8) is 0 Å². The maximum absolute atomic E-state index is 5.75. The van der Waals surface area contributed by atoms with Crippen LogP contribution in [0, 0.1) is 0 Å². The van der Waals surface area contributed by atoms with Gasteiger partial charge in [-0.3, -0.25) is 0 Å². The third-order valence-corrected chi connectivity index (χ3v) is 3.66. The molecular formula is C10H17N3S. The molecule has 1 aromatic heterocycles. The van der Waals surface area contributed by atoms with E-state index in [1.165, 1.54) is 5.01 Å². The first kappa shape index (κ1) is 10.1. The lowest BCUT2D eigenvalue weighted by Gasteiger charge is -2.35. The number of rotatable bonds is 4. The van der Waals surface area contributed by atoms with Crippen molar-refractivity contribution in [2.45, 2.75) is 44.3 Å². The molecule has 1 aliphatic rings. The molecule has 0 spiro atoms. The Labute approximate surface area is 88.7 Å². The molecule has 1 atom stereocenters. The molecule has 0 aliphatic heterocycles. The first-order valence-electron chi connectivity index (χ1n) is 5.20. The van der Waals surface area contributed by atoms with Crippen molar-refractivity contribution in [1.82, 2.24) is 10.3 Å². The smallest absolute Gasteiger partial charge is 0.109 e. The zero-order valence-corrected chi connectivity index (χ0v) is 9.26. The van der Waals surface area contributed by atoms with Gasteiger partial charge in [-0.1, -0.05) is 6.92 Å². The molecule has 0 saturated heterocycles. The summed E-state index contributed by atoms with van der Waals surface area (Å²) in [6.07, 6.45) is 5.19. The minimum Gasteiger partial charge on any atom is -0.328 e. The van der Waals surface area contributed by atoms with Crippen molar-refractivity contribution in [1.29, 1.82) is 0 Å². The standard InChI is InChI=1S/C10H17N3S/c1-2-9(10-12-3-4-14-10)13-8-5-7(11)6-8/h3-4,7-9,13H,2,5-6,11H2,1H3. The Bertz CT molecular complexity index is 267. The van der Waals surface area contributed by atoms with E-state index in [9.17, 15) is 0 Å². The van der Waals surface area contributed by atoms with Crippen LogP contribution in [0.3, 0.4) is 0 Å². The molecule has 0 aromatic carbocycles. The molecule has 3 N–H and O–H groups in total. The summed E-state index contributed by atoms with van der Waals surface area (Å²) in [4.78, 5) is 4.34. The molecular weight excluding hydrogens is 194 g/mol. The van der Waals surface area contributed by atoms with Crippen LogP contribution in [0.1, 0.15) is 37.2 Å². The third kappa shape index (κ3) is 2.13. The van der Waals surface area contributed by atoms with E-state index in [4.69, 9.17) is 5.73 Å². The molecule has 78 valence electrons. The fraction of sp³-hybridized carbons (Fsp3) is 0.700. The average Bonchev–Trinajstić information content (AvgIpc) is 2.63. The second kappa shape index (κ2) is 4.38. The van der Waals surface area contributed by atoms with Gasteiger partial charge in [0.2, 0.25) is 0 Å². The largest absolute Gasteiger partial charge is 0.328 e. The molecule has 1 aliphatic carbocycles. The maximum Gasteiger partial charge on any atom is 0.109 e. The summed E-state index contributed by atoms with van der Waals surface area (Å²) in [7, 11) is 0. The lowest BCUT2D eigenvalue weighted by molar-refractivity contribution is 0.264. The van der Waals surface area contributed by atoms with Gasteiger partial charge in [0.15, 0.2) is 0 Å². The van der Waals surface area contributed by atoms with E-state index in [1.807, 2.05) is 11.6 Å². The molecule has 0 bridgehead atoms. The quantitative estimate of drug-likeness (QED) is 0.796. The summed E-state index contributed by atoms with van der Waals surface area (Å²) in [5.74, 6) is 0. The zero-order chi connectivity index (χ0) is 9.97. The second-order valence-corrected chi connectivity index (χ2v) is 4.85. The molecule has 4 heteroatoms. The predicted molar refractivity (Wildman–Crippen MR) is 59.3 cm³/mol. The second-order valence-electron chi connectivity index (χ2n) is 3.93. The van der Waals surface area contributed by atoms with Crippen LogP contribution >= 0.6 is 11.3 Å². The monoisotopic (exact) mass is 211 g/mol. The Balaban J connectivity index is 1.88. The van der Waals surface area contributed by atoms with Gasteiger partial charge in [0.05, 0.1) is 6.04 Å². The molecule has 1 aromatic rings. The van der Waals surface area contributed by atoms with E-state index in [0.717, 1.165) is 19.3 Å². The minimum absolute atomic E-state index is 0.418. The highest BCUT2D eigenvalue weighted by molar-refractivity contribution is 7.09. The van der Waals surface area contributed by atoms with E-state index >= 15 is 0 Å². The van der Waals surface area contributed by atoms with Crippen molar-refractivity contribution in [2.75, 3.05) is 0 Å². The fourth-order valence-corrected chi connectivity index (χ4v) is 2.63. The van der Waals surface area contributed by atoms with E-state index in [2.05, 4.69) is 17.2 Å². The Morgan fingerprint density at radius 1 is 1.71 bits per heavy atom. The van der Waals surface area contributed by atoms with Crippen LogP contribution in [-0.4, -0.2) is 17.1 Å². The van der Waals surface area contributed by atoms with Crippen LogP contribution in [0.25, 0.3) is 0 Å². The molecule has 1 fully saturated rings. The minimum atomic E-state index is 0.418. The molecule has 14 heavy (non-hydrogen) atoms. The fourth-order valence-electron chi connectivity index (χ4n) is 1.85. The number of thiazole rings is 1. The van der Waals surface area contributed by atoms with Crippen LogP contribution in [0.5, 0.6) is 0 Å². The number of hydrogen-bond acceptors (Lipinski definition) is 4. The van der Waals surface area contributed by atoms with Crippen LogP contribution < -0.4 is 11.1 Å². The van der Waals surface area contributed by atoms with Gasteiger partial charge < -0.3 is 11.1 Å². The summed E-state index contributed by atoms with van der Waals surface area (Å²) in [6.45, 7) is 2.19. The van der Waals surface area contributed by atoms with Gasteiger partial charge in [-0.15, -0.1) is 11.3 Å². The van der Waals surface area contributed by atoms with Gasteiger partial charge in [-0.2, -0.15) is 0 Å². The van der Waals surface area contributed by atoms with Crippen molar-refractivity contribution < 1.29 is 0 Å². The molecule has 0 amide bonds. The number of hydrogen-bond donors (Lipinski definition) is 2. The van der Waals surface area contributed by atoms with Gasteiger partial charge in [0.25, 0.3) is 0 Å². The Morgan fingerprint density at radius 3 is 3.00 bits per heavy atom. The van der Waals surface area contributed by atoms with Gasteiger partial charge >= 0.3 is 0 Å². The summed E-state index contributed by atoms with van der Waals surface area (Å²) >= 11 is 1.73. The summed E-state index contributed by atoms with van der Waals surface area (Å²) in [5, 5.41) is 6.84. The summed E-state index contributed by atoms with van der Waals surface area (Å²) in [6, 6.07) is 1.45. The van der Waals surface area contributed by atoms with E-state index in [1.54, 1.807) is 11.3 Å². The van der Waals surface area contributed by atoms with Crippen molar-refractivity contribution in [3.05, 3.63) is 16.6 Å². The van der Waals surface area contributed by atoms with Crippen molar-refractivity contribution >= 4 is 11.3 Å². The molecule has 1 heterocycles. The molecule has 1 unspecified atom stereocenters. The zero-order valence-electron chi connectivity index (χ0n) is 8.44. The number of aromatic nitrogens is 1. The Kier molecular flexibility index (Phi) is 3.15. The van der Waals surface area contributed by atoms with E-state index < -0.39 is 0 Å². The first-order valence-corrected chi connectivity index (χ1v) is 6.08. The highest BCUT2D eigenvalue weighted by atomic mass is 32.1. The number of nitrogens with one attached hydrogen (secondary N) is 1. The first-order chi connectivity index (χ1) is 6.79. The molecule has 0 radical (unpaired) electrons. The highest BCUT2D eigenvalue weighted by Crippen LogP contribution is 2.25. The number of nitrogens with two attached hydrogens (primary N) is 1. The molecule has 1 saturated carbocycles. The molecule has 2 rings (SSSR count). The van der Waals surface area contributed by atoms with Crippen molar-refractivity contribution in [2.24, 2.45) is 5.73 Å². The van der Waals surface area contributed by atoms with E-state index in [0.29, 0.717) is 18.1 Å². The Hall–Kier alpha value is -0.450. The Morgan fingerprint density at radius 2 is 2.50 bits per heavy atom. The van der Waals surface area contributed by atoms with E-state index in [-0.39, 0.29) is 0 Å². The number of nitrogens with zero attached hydrogens (tertiary/aromatic N) is 1. The van der Waals surface area contributed by atoms with Crippen LogP contribution in [0.15, 0.2) is 11.6 Å².